The molecular weight excluding hydrogens is 401 g/mol. The van der Waals surface area contributed by atoms with Crippen LogP contribution in [0.15, 0.2) is 36.4 Å². The number of piperidine rings is 1. The molecular formula is C21H19ClFNO5. The Morgan fingerprint density at radius 3 is 2.59 bits per heavy atom. The van der Waals surface area contributed by atoms with Crippen LogP contribution in [0.3, 0.4) is 0 Å². The summed E-state index contributed by atoms with van der Waals surface area (Å²) in [5, 5.41) is 0.415. The molecule has 0 aliphatic carbocycles. The van der Waals surface area contributed by atoms with Gasteiger partial charge in [0, 0.05) is 18.7 Å². The molecule has 2 aromatic rings. The van der Waals surface area contributed by atoms with Crippen molar-refractivity contribution >= 4 is 23.5 Å². The summed E-state index contributed by atoms with van der Waals surface area (Å²) in [7, 11) is 0. The maximum atomic E-state index is 13.0. The van der Waals surface area contributed by atoms with E-state index in [0.717, 1.165) is 5.56 Å². The monoisotopic (exact) mass is 419 g/mol. The minimum absolute atomic E-state index is 0.0872. The van der Waals surface area contributed by atoms with Gasteiger partial charge in [0.25, 0.3) is 5.91 Å². The van der Waals surface area contributed by atoms with Crippen molar-refractivity contribution in [3.8, 4) is 11.5 Å². The standard InChI is InChI=1S/C21H19ClFNO5/c22-17-9-13(10-18-19(17)29-12-28-18)11-27-21(26)15-5-7-24(8-6-15)20(25)14-1-3-16(23)4-2-14/h1-4,9-10,15H,5-8,11-12H2. The van der Waals surface area contributed by atoms with Crippen LogP contribution in [0.25, 0.3) is 0 Å². The second-order valence-electron chi connectivity index (χ2n) is 6.99. The molecule has 0 N–H and O–H groups in total. The van der Waals surface area contributed by atoms with Gasteiger partial charge in [-0.25, -0.2) is 4.39 Å². The molecule has 152 valence electrons. The quantitative estimate of drug-likeness (QED) is 0.705. The minimum atomic E-state index is -0.383. The number of esters is 1. The van der Waals surface area contributed by atoms with Crippen LogP contribution in [0.4, 0.5) is 4.39 Å². The van der Waals surface area contributed by atoms with Crippen molar-refractivity contribution in [3.63, 3.8) is 0 Å². The van der Waals surface area contributed by atoms with Gasteiger partial charge in [0.05, 0.1) is 10.9 Å². The molecule has 1 amide bonds. The lowest BCUT2D eigenvalue weighted by atomic mass is 9.96. The number of carbonyl (C=O) groups excluding carboxylic acids is 2. The highest BCUT2D eigenvalue weighted by Gasteiger charge is 2.29. The van der Waals surface area contributed by atoms with Crippen LogP contribution >= 0.6 is 11.6 Å². The van der Waals surface area contributed by atoms with Crippen LogP contribution < -0.4 is 9.47 Å². The minimum Gasteiger partial charge on any atom is -0.461 e. The number of hydrogen-bond acceptors (Lipinski definition) is 5. The molecule has 2 aliphatic heterocycles. The summed E-state index contributed by atoms with van der Waals surface area (Å²) < 4.78 is 29.0. The predicted molar refractivity (Wildman–Crippen MR) is 102 cm³/mol. The van der Waals surface area contributed by atoms with E-state index in [1.54, 1.807) is 17.0 Å². The summed E-state index contributed by atoms with van der Waals surface area (Å²) in [6, 6.07) is 8.89. The van der Waals surface area contributed by atoms with Crippen molar-refractivity contribution in [2.75, 3.05) is 19.9 Å². The van der Waals surface area contributed by atoms with Gasteiger partial charge in [-0.3, -0.25) is 9.59 Å². The van der Waals surface area contributed by atoms with E-state index in [4.69, 9.17) is 25.8 Å². The molecule has 2 aliphatic rings. The first-order valence-corrected chi connectivity index (χ1v) is 9.68. The van der Waals surface area contributed by atoms with E-state index in [-0.39, 0.29) is 37.0 Å². The molecule has 2 heterocycles. The van der Waals surface area contributed by atoms with Crippen LogP contribution in [0, 0.1) is 11.7 Å². The Labute approximate surface area is 172 Å². The molecule has 0 aromatic heterocycles. The zero-order chi connectivity index (χ0) is 20.4. The number of fused-ring (bicyclic) bond motifs is 1. The Kier molecular flexibility index (Phi) is 5.58. The SMILES string of the molecule is O=C(OCc1cc(Cl)c2c(c1)OCO2)C1CCN(C(=O)c2ccc(F)cc2)CC1. The highest BCUT2D eigenvalue weighted by atomic mass is 35.5. The van der Waals surface area contributed by atoms with Gasteiger partial charge in [-0.1, -0.05) is 11.6 Å². The number of benzene rings is 2. The van der Waals surface area contributed by atoms with Gasteiger partial charge in [-0.2, -0.15) is 0 Å². The van der Waals surface area contributed by atoms with E-state index >= 15 is 0 Å². The highest BCUT2D eigenvalue weighted by Crippen LogP contribution is 2.40. The maximum absolute atomic E-state index is 13.0. The van der Waals surface area contributed by atoms with Crippen molar-refractivity contribution in [3.05, 3.63) is 58.4 Å². The summed E-state index contributed by atoms with van der Waals surface area (Å²) in [6.45, 7) is 1.11. The lowest BCUT2D eigenvalue weighted by Crippen LogP contribution is -2.40. The lowest BCUT2D eigenvalue weighted by molar-refractivity contribution is -0.151. The van der Waals surface area contributed by atoms with Gasteiger partial charge < -0.3 is 19.1 Å². The van der Waals surface area contributed by atoms with Gasteiger partial charge in [-0.15, -0.1) is 0 Å². The number of nitrogens with zero attached hydrogens (tertiary/aromatic N) is 1. The zero-order valence-corrected chi connectivity index (χ0v) is 16.3. The van der Waals surface area contributed by atoms with E-state index in [1.807, 2.05) is 0 Å². The molecule has 8 heteroatoms. The van der Waals surface area contributed by atoms with Gasteiger partial charge in [-0.05, 0) is 54.8 Å². The Hall–Kier alpha value is -2.80. The van der Waals surface area contributed by atoms with Crippen LogP contribution in [-0.2, 0) is 16.1 Å². The molecule has 0 atom stereocenters. The Balaban J connectivity index is 1.29. The van der Waals surface area contributed by atoms with Gasteiger partial charge in [0.15, 0.2) is 11.5 Å². The number of rotatable bonds is 4. The molecule has 0 bridgehead atoms. The van der Waals surface area contributed by atoms with E-state index in [0.29, 0.717) is 48.0 Å². The molecule has 0 spiro atoms. The van der Waals surface area contributed by atoms with Crippen molar-refractivity contribution in [2.45, 2.75) is 19.4 Å². The van der Waals surface area contributed by atoms with E-state index in [2.05, 4.69) is 0 Å². The molecule has 29 heavy (non-hydrogen) atoms. The van der Waals surface area contributed by atoms with E-state index < -0.39 is 0 Å². The van der Waals surface area contributed by atoms with Crippen molar-refractivity contribution in [2.24, 2.45) is 5.92 Å². The normalized spacial score (nSPS) is 16.0. The van der Waals surface area contributed by atoms with Crippen LogP contribution in [0.2, 0.25) is 5.02 Å². The average molecular weight is 420 g/mol. The summed E-state index contributed by atoms with van der Waals surface area (Å²) in [5.74, 6) is -0.0703. The van der Waals surface area contributed by atoms with Gasteiger partial charge >= 0.3 is 5.97 Å². The molecule has 6 nitrogen and oxygen atoms in total. The second-order valence-corrected chi connectivity index (χ2v) is 7.40. The number of hydrogen-bond donors (Lipinski definition) is 0. The molecule has 0 radical (unpaired) electrons. The van der Waals surface area contributed by atoms with Crippen molar-refractivity contribution < 1.29 is 28.2 Å². The third-order valence-electron chi connectivity index (χ3n) is 5.07. The topological polar surface area (TPSA) is 65.1 Å². The fourth-order valence-corrected chi connectivity index (χ4v) is 3.76. The Bertz CT molecular complexity index is 925. The van der Waals surface area contributed by atoms with Gasteiger partial charge in [0.1, 0.15) is 12.4 Å². The third kappa shape index (κ3) is 4.29. The van der Waals surface area contributed by atoms with E-state index in [1.165, 1.54) is 24.3 Å². The average Bonchev–Trinajstić information content (AvgIpc) is 3.21. The number of carbonyl (C=O) groups is 2. The predicted octanol–water partition coefficient (Wildman–Crippen LogP) is 3.80. The third-order valence-corrected chi connectivity index (χ3v) is 5.36. The fourth-order valence-electron chi connectivity index (χ4n) is 3.47. The number of amides is 1. The number of halogens is 2. The van der Waals surface area contributed by atoms with Crippen LogP contribution in [-0.4, -0.2) is 36.7 Å². The van der Waals surface area contributed by atoms with Crippen LogP contribution in [0.5, 0.6) is 11.5 Å². The Morgan fingerprint density at radius 2 is 1.86 bits per heavy atom. The molecule has 1 saturated heterocycles. The summed E-state index contributed by atoms with van der Waals surface area (Å²) >= 11 is 6.14. The van der Waals surface area contributed by atoms with Crippen molar-refractivity contribution in [1.82, 2.24) is 4.90 Å². The first-order valence-electron chi connectivity index (χ1n) is 9.31. The highest BCUT2D eigenvalue weighted by molar-refractivity contribution is 6.32. The molecule has 0 saturated carbocycles. The largest absolute Gasteiger partial charge is 0.461 e. The summed E-state index contributed by atoms with van der Waals surface area (Å²) in [6.07, 6.45) is 1.04. The molecule has 0 unspecified atom stereocenters. The molecule has 2 aromatic carbocycles. The van der Waals surface area contributed by atoms with Gasteiger partial charge in [0.2, 0.25) is 6.79 Å². The zero-order valence-electron chi connectivity index (χ0n) is 15.5. The smallest absolute Gasteiger partial charge is 0.309 e. The second kappa shape index (κ2) is 8.29. The molecule has 4 rings (SSSR count). The summed E-state index contributed by atoms with van der Waals surface area (Å²) in [5.41, 5.74) is 1.16. The fraction of sp³-hybridized carbons (Fsp3) is 0.333. The number of ether oxygens (including phenoxy) is 3. The summed E-state index contributed by atoms with van der Waals surface area (Å²) in [4.78, 5) is 26.6. The molecule has 1 fully saturated rings. The lowest BCUT2D eigenvalue weighted by Gasteiger charge is -2.31. The maximum Gasteiger partial charge on any atom is 0.309 e. The van der Waals surface area contributed by atoms with Crippen molar-refractivity contribution in [1.29, 1.82) is 0 Å². The first kappa shape index (κ1) is 19.5. The Morgan fingerprint density at radius 1 is 1.14 bits per heavy atom. The van der Waals surface area contributed by atoms with Crippen LogP contribution in [0.1, 0.15) is 28.8 Å². The number of likely N-dealkylation sites (tertiary alicyclic amines) is 1. The first-order chi connectivity index (χ1) is 14.0. The van der Waals surface area contributed by atoms with E-state index in [9.17, 15) is 14.0 Å².